The van der Waals surface area contributed by atoms with Gasteiger partial charge in [-0.3, -0.25) is 0 Å². The molecule has 129 heavy (non-hydrogen) atoms. The first-order valence-electron chi connectivity index (χ1n) is 38.5. The topological polar surface area (TPSA) is 436 Å². The van der Waals surface area contributed by atoms with E-state index in [2.05, 4.69) is 0 Å². The Morgan fingerprint density at radius 1 is 0.372 bits per heavy atom. The van der Waals surface area contributed by atoms with E-state index >= 15 is 0 Å². The molecular formula is C89H73ClF4N2O22S11. The monoisotopic (exact) mass is 1980 g/mol. The molecule has 0 amide bonds. The van der Waals surface area contributed by atoms with Gasteiger partial charge in [0.1, 0.15) is 21.9 Å². The van der Waals surface area contributed by atoms with Crippen molar-refractivity contribution in [3.05, 3.63) is 286 Å². The number of alkyl halides is 3. The lowest BCUT2D eigenvalue weighted by Crippen LogP contribution is -2.12. The van der Waals surface area contributed by atoms with Gasteiger partial charge in [-0.1, -0.05) is 67.1 Å². The van der Waals surface area contributed by atoms with Gasteiger partial charge in [-0.2, -0.15) is 28.1 Å². The zero-order chi connectivity index (χ0) is 94.2. The van der Waals surface area contributed by atoms with Crippen molar-refractivity contribution in [2.24, 2.45) is 0 Å². The lowest BCUT2D eigenvalue weighted by atomic mass is 10.0. The minimum atomic E-state index is -4.69. The lowest BCUT2D eigenvalue weighted by molar-refractivity contribution is -0.137. The van der Waals surface area contributed by atoms with E-state index in [4.69, 9.17) is 22.1 Å². The van der Waals surface area contributed by atoms with E-state index in [-0.39, 0.29) is 96.5 Å². The van der Waals surface area contributed by atoms with Crippen LogP contribution in [-0.4, -0.2) is 122 Å². The summed E-state index contributed by atoms with van der Waals surface area (Å²) in [5.41, 5.74) is 2.96. The number of thiophene rings is 4. The van der Waals surface area contributed by atoms with Crippen molar-refractivity contribution in [3.63, 3.8) is 0 Å². The third-order valence-corrected chi connectivity index (χ3v) is 35.3. The van der Waals surface area contributed by atoms with Crippen molar-refractivity contribution in [1.29, 1.82) is 10.5 Å². The molecule has 24 nitrogen and oxygen atoms in total. The van der Waals surface area contributed by atoms with Crippen LogP contribution in [0.1, 0.15) is 164 Å². The lowest BCUT2D eigenvalue weighted by Gasteiger charge is -2.15. The van der Waals surface area contributed by atoms with E-state index in [0.717, 1.165) is 93.7 Å². The Labute approximate surface area is 761 Å². The minimum Gasteiger partial charge on any atom is -0.478 e. The Balaban J connectivity index is 0.000000156. The van der Waals surface area contributed by atoms with Crippen molar-refractivity contribution in [2.75, 3.05) is 18.8 Å². The molecule has 3 aliphatic rings. The van der Waals surface area contributed by atoms with Gasteiger partial charge < -0.3 is 20.4 Å². The van der Waals surface area contributed by atoms with Crippen molar-refractivity contribution < 1.29 is 116 Å². The van der Waals surface area contributed by atoms with E-state index in [9.17, 15) is 116 Å². The van der Waals surface area contributed by atoms with Gasteiger partial charge >= 0.3 is 30.1 Å². The summed E-state index contributed by atoms with van der Waals surface area (Å²) >= 11 is 10.3. The Hall–Kier alpha value is -10.9. The van der Waals surface area contributed by atoms with E-state index < -0.39 is 133 Å². The predicted octanol–water partition coefficient (Wildman–Crippen LogP) is 19.3. The van der Waals surface area contributed by atoms with E-state index in [1.807, 2.05) is 12.1 Å². The van der Waals surface area contributed by atoms with Gasteiger partial charge in [0.15, 0.2) is 74.0 Å². The number of hydrogen-bond acceptors (Lipinski definition) is 24. The van der Waals surface area contributed by atoms with Gasteiger partial charge in [-0.15, -0.1) is 45.3 Å². The summed E-state index contributed by atoms with van der Waals surface area (Å²) in [7, 11) is -27.0. The molecule has 0 unspecified atom stereocenters. The van der Waals surface area contributed by atoms with Crippen LogP contribution in [0.15, 0.2) is 228 Å². The molecule has 40 heteroatoms. The number of benzene rings is 8. The van der Waals surface area contributed by atoms with Crippen molar-refractivity contribution in [3.8, 4) is 53.9 Å². The molecular weight excluding hydrogens is 1910 g/mol. The quantitative estimate of drug-likeness (QED) is 0.0347. The summed E-state index contributed by atoms with van der Waals surface area (Å²) in [5, 5.41) is 55.0. The fourth-order valence-electron chi connectivity index (χ4n) is 14.0. The molecule has 672 valence electrons. The first kappa shape index (κ1) is 97.1. The van der Waals surface area contributed by atoms with Crippen LogP contribution < -0.4 is 0 Å². The summed E-state index contributed by atoms with van der Waals surface area (Å²) in [6, 6.07) is 48.4. The standard InChI is InChI=1S/C23H19NO6S3.C22H19ClO6S3.C22H16F4O4S2.C22H19NO6S3/c1-32(27,28)18-6-8-19(21-9-5-17(12-24)31-21)16(10-18)13-33(29,30)22-11-15(23(25)26)4-7-20(22)14-2-3-14;1-31(26,27)16-5-7-17(19-8-9-21(23)30-19)15(10-16)12-32(28,29)20-11-14(22(24)25)4-6-18(20)13-2-3-13;23-20-8-7-18(31-20)16-6-4-15(22(24,25)26)9-14(16)11-32(29,30)19-10-13(21(27)28)3-5-17(19)12-1-2-12;1-3-14-4-5-15(22(24)25)11-21(14)32(28,29)13-16-10-18(31(2,26)27)7-8-19(16)20-9-6-17(12-23)30-20/h4-11,14H,2-3,13H2,1H3,(H,25,26);4-11,13H,2-3,12H2,1H3,(H,24,25);3-10,12H,1-2,11H2,(H,27,28);4-11H,3,13H2,1-2H3,(H,24,25). The molecule has 0 spiro atoms. The number of carboxylic acids is 4. The van der Waals surface area contributed by atoms with Crippen molar-refractivity contribution in [2.45, 2.75) is 133 Å². The van der Waals surface area contributed by atoms with Crippen molar-refractivity contribution in [1.82, 2.24) is 0 Å². The highest BCUT2D eigenvalue weighted by molar-refractivity contribution is 7.92. The number of nitrogens with zero attached hydrogens (tertiary/aromatic N) is 2. The molecule has 0 saturated heterocycles. The average Bonchev–Trinajstić information content (AvgIpc) is 1.22. The summed E-state index contributed by atoms with van der Waals surface area (Å²) < 4.78 is 234. The second-order valence-corrected chi connectivity index (χ2v) is 49.2. The van der Waals surface area contributed by atoms with Gasteiger partial charge in [0.25, 0.3) is 0 Å². The number of aromatic carboxylic acids is 4. The number of nitriles is 2. The van der Waals surface area contributed by atoms with Crippen molar-refractivity contribution >= 4 is 150 Å². The van der Waals surface area contributed by atoms with E-state index in [0.29, 0.717) is 95.9 Å². The molecule has 0 bridgehead atoms. The van der Waals surface area contributed by atoms with Gasteiger partial charge in [0.2, 0.25) is 0 Å². The third-order valence-electron chi connectivity index (χ3n) is 20.8. The predicted molar refractivity (Wildman–Crippen MR) is 480 cm³/mol. The molecule has 0 atom stereocenters. The van der Waals surface area contributed by atoms with Crippen LogP contribution in [0.2, 0.25) is 4.34 Å². The molecule has 3 aliphatic carbocycles. The van der Waals surface area contributed by atoms with Gasteiger partial charge in [-0.25, -0.2) is 78.1 Å². The maximum atomic E-state index is 13.5. The number of rotatable bonds is 27. The number of aryl methyl sites for hydroxylation is 1. The highest BCUT2D eigenvalue weighted by Crippen LogP contribution is 2.49. The van der Waals surface area contributed by atoms with E-state index in [1.165, 1.54) is 131 Å². The normalized spacial score (nSPS) is 13.7. The Morgan fingerprint density at radius 3 is 0.946 bits per heavy atom. The van der Waals surface area contributed by atoms with Gasteiger partial charge in [-0.05, 0) is 275 Å². The van der Waals surface area contributed by atoms with Crippen LogP contribution in [-0.2, 0) is 104 Å². The molecule has 0 aliphatic heterocycles. The highest BCUT2D eigenvalue weighted by Gasteiger charge is 2.38. The number of halogens is 5. The number of hydrogen-bond donors (Lipinski definition) is 4. The Morgan fingerprint density at radius 2 is 0.667 bits per heavy atom. The molecule has 3 saturated carbocycles. The van der Waals surface area contributed by atoms with Crippen LogP contribution >= 0.6 is 56.9 Å². The second kappa shape index (κ2) is 38.3. The molecule has 0 radical (unpaired) electrons. The molecule has 4 N–H and O–H groups in total. The Kier molecular flexibility index (Phi) is 28.8. The van der Waals surface area contributed by atoms with Crippen LogP contribution in [0.25, 0.3) is 41.8 Å². The van der Waals surface area contributed by atoms with Gasteiger partial charge in [0.05, 0.1) is 89.4 Å². The Bertz CT molecular complexity index is 7500. The molecule has 4 heterocycles. The smallest absolute Gasteiger partial charge is 0.416 e. The molecule has 12 aromatic rings. The highest BCUT2D eigenvalue weighted by atomic mass is 35.5. The van der Waals surface area contributed by atoms with Crippen LogP contribution in [0, 0.1) is 27.8 Å². The zero-order valence-electron chi connectivity index (χ0n) is 67.9. The summed E-state index contributed by atoms with van der Waals surface area (Å²) in [6.07, 6.45) is 3.66. The first-order valence-corrected chi connectivity index (χ1v) is 54.4. The molecule has 3 fully saturated rings. The second-order valence-electron chi connectivity index (χ2n) is 30.4. The largest absolute Gasteiger partial charge is 0.478 e. The van der Waals surface area contributed by atoms with Crippen LogP contribution in [0.4, 0.5) is 17.6 Å². The number of sulfone groups is 7. The average molecular weight is 1990 g/mol. The maximum Gasteiger partial charge on any atom is 0.416 e. The fourth-order valence-corrected chi connectivity index (χ4v) is 26.5. The minimum absolute atomic E-state index is 0.0100. The van der Waals surface area contributed by atoms with E-state index in [1.54, 1.807) is 67.6 Å². The molecule has 15 rings (SSSR count). The maximum absolute atomic E-state index is 13.5. The molecule has 8 aromatic carbocycles. The fraction of sp³-hybridized carbons (Fsp3) is 0.213. The SMILES string of the molecule is CCc1ccc(C(=O)O)cc1S(=O)(=O)Cc1cc(S(C)(=O)=O)ccc1-c1ccc(C#N)s1.CS(=O)(=O)c1ccc(-c2ccc(C#N)s2)c(CS(=O)(=O)c2cc(C(=O)O)ccc2C2CC2)c1.CS(=O)(=O)c1ccc(-c2ccc(Cl)s2)c(CS(=O)(=O)c2cc(C(=O)O)ccc2C2CC2)c1.O=C(O)c1ccc(C2CC2)c(S(=O)(=O)Cc2cc(C(F)(F)F)ccc2-c2ccc(F)s2)c1. The number of carboxylic acid groups (broad SMARTS) is 4. The summed E-state index contributed by atoms with van der Waals surface area (Å²) in [4.78, 5) is 48.4. The number of carbonyl (C=O) groups is 4. The first-order chi connectivity index (χ1) is 60.4. The summed E-state index contributed by atoms with van der Waals surface area (Å²) in [6.45, 7) is 1.76. The van der Waals surface area contributed by atoms with Gasteiger partial charge in [0, 0.05) is 38.3 Å². The zero-order valence-corrected chi connectivity index (χ0v) is 77.6. The molecule has 4 aromatic heterocycles. The third kappa shape index (κ3) is 23.6. The summed E-state index contributed by atoms with van der Waals surface area (Å²) in [5.74, 6) is -7.16. The van der Waals surface area contributed by atoms with Crippen LogP contribution in [0.5, 0.6) is 0 Å². The van der Waals surface area contributed by atoms with Crippen LogP contribution in [0.3, 0.4) is 0 Å².